The zero-order valence-electron chi connectivity index (χ0n) is 13.8. The molecule has 25 heavy (non-hydrogen) atoms. The van der Waals surface area contributed by atoms with Gasteiger partial charge in [0.2, 0.25) is 15.9 Å². The molecule has 2 aromatic carbocycles. The molecular weight excluding hydrogens is 367 g/mol. The van der Waals surface area contributed by atoms with E-state index >= 15 is 0 Å². The second-order valence-electron chi connectivity index (χ2n) is 5.52. The lowest BCUT2D eigenvalue weighted by atomic mass is 10.2. The standard InChI is InChI=1S/C17H18ClFN2O3S/c1-12-14(18)7-5-9-16(12)21(25(2,23)24)11-17(22)20-10-13-6-3-4-8-15(13)19/h3-9H,10-11H2,1-2H3,(H,20,22). The smallest absolute Gasteiger partial charge is 0.241 e. The lowest BCUT2D eigenvalue weighted by Crippen LogP contribution is -2.40. The molecule has 2 rings (SSSR count). The second kappa shape index (κ2) is 7.84. The number of amides is 1. The molecule has 0 radical (unpaired) electrons. The van der Waals surface area contributed by atoms with Crippen molar-refractivity contribution in [1.82, 2.24) is 5.32 Å². The molecule has 0 aliphatic carbocycles. The predicted octanol–water partition coefficient (Wildman–Crippen LogP) is 2.87. The van der Waals surface area contributed by atoms with Crippen LogP contribution in [0.1, 0.15) is 11.1 Å². The minimum atomic E-state index is -3.70. The largest absolute Gasteiger partial charge is 0.350 e. The van der Waals surface area contributed by atoms with E-state index in [1.54, 1.807) is 43.3 Å². The molecule has 0 aromatic heterocycles. The van der Waals surface area contributed by atoms with Crippen LogP contribution in [-0.4, -0.2) is 27.1 Å². The molecular formula is C17H18ClFN2O3S. The Morgan fingerprint density at radius 2 is 1.88 bits per heavy atom. The molecule has 134 valence electrons. The molecule has 0 fully saturated rings. The van der Waals surface area contributed by atoms with E-state index in [9.17, 15) is 17.6 Å². The van der Waals surface area contributed by atoms with E-state index in [1.165, 1.54) is 6.07 Å². The number of benzene rings is 2. The van der Waals surface area contributed by atoms with Crippen molar-refractivity contribution in [3.8, 4) is 0 Å². The normalized spacial score (nSPS) is 11.2. The van der Waals surface area contributed by atoms with Crippen molar-refractivity contribution in [2.75, 3.05) is 17.1 Å². The molecule has 2 aromatic rings. The number of sulfonamides is 1. The Morgan fingerprint density at radius 1 is 1.20 bits per heavy atom. The average molecular weight is 385 g/mol. The molecule has 0 saturated carbocycles. The van der Waals surface area contributed by atoms with Crippen LogP contribution in [0, 0.1) is 12.7 Å². The van der Waals surface area contributed by atoms with E-state index in [0.29, 0.717) is 21.8 Å². The summed E-state index contributed by atoms with van der Waals surface area (Å²) >= 11 is 6.04. The number of rotatable bonds is 6. The summed E-state index contributed by atoms with van der Waals surface area (Å²) in [5.74, 6) is -0.985. The Balaban J connectivity index is 2.17. The topological polar surface area (TPSA) is 66.5 Å². The quantitative estimate of drug-likeness (QED) is 0.832. The van der Waals surface area contributed by atoms with Crippen molar-refractivity contribution in [3.05, 3.63) is 64.4 Å². The third kappa shape index (κ3) is 4.93. The maximum atomic E-state index is 13.6. The SMILES string of the molecule is Cc1c(Cl)cccc1N(CC(=O)NCc1ccccc1F)S(C)(=O)=O. The van der Waals surface area contributed by atoms with Crippen LogP contribution in [0.4, 0.5) is 10.1 Å². The lowest BCUT2D eigenvalue weighted by Gasteiger charge is -2.24. The number of hydrogen-bond donors (Lipinski definition) is 1. The molecule has 8 heteroatoms. The summed E-state index contributed by atoms with van der Waals surface area (Å²) in [7, 11) is -3.70. The Kier molecular flexibility index (Phi) is 6.02. The Labute approximate surface area is 151 Å². The van der Waals surface area contributed by atoms with Gasteiger partial charge in [-0.05, 0) is 30.7 Å². The summed E-state index contributed by atoms with van der Waals surface area (Å²) in [6.45, 7) is 1.22. The van der Waals surface area contributed by atoms with E-state index < -0.39 is 28.3 Å². The third-order valence-electron chi connectivity index (χ3n) is 3.63. The highest BCUT2D eigenvalue weighted by molar-refractivity contribution is 7.92. The van der Waals surface area contributed by atoms with Gasteiger partial charge < -0.3 is 5.32 Å². The van der Waals surface area contributed by atoms with Gasteiger partial charge in [-0.15, -0.1) is 0 Å². The fraction of sp³-hybridized carbons (Fsp3) is 0.235. The monoisotopic (exact) mass is 384 g/mol. The Bertz CT molecular complexity index is 887. The first-order chi connectivity index (χ1) is 11.7. The van der Waals surface area contributed by atoms with Crippen LogP contribution < -0.4 is 9.62 Å². The summed E-state index contributed by atoms with van der Waals surface area (Å²) < 4.78 is 38.8. The molecule has 1 amide bonds. The zero-order chi connectivity index (χ0) is 18.6. The molecule has 0 heterocycles. The number of halogens is 2. The number of hydrogen-bond acceptors (Lipinski definition) is 3. The Hall–Kier alpha value is -2.12. The zero-order valence-corrected chi connectivity index (χ0v) is 15.4. The van der Waals surface area contributed by atoms with E-state index in [-0.39, 0.29) is 6.54 Å². The van der Waals surface area contributed by atoms with Crippen molar-refractivity contribution in [3.63, 3.8) is 0 Å². The predicted molar refractivity (Wildman–Crippen MR) is 96.6 cm³/mol. The maximum Gasteiger partial charge on any atom is 0.241 e. The minimum absolute atomic E-state index is 0.0301. The van der Waals surface area contributed by atoms with Gasteiger partial charge >= 0.3 is 0 Å². The molecule has 0 saturated heterocycles. The molecule has 0 atom stereocenters. The first-order valence-electron chi connectivity index (χ1n) is 7.43. The average Bonchev–Trinajstić information content (AvgIpc) is 2.54. The van der Waals surface area contributed by atoms with Crippen molar-refractivity contribution in [2.45, 2.75) is 13.5 Å². The summed E-state index contributed by atoms with van der Waals surface area (Å²) in [5, 5.41) is 2.93. The van der Waals surface area contributed by atoms with Gasteiger partial charge in [0.25, 0.3) is 0 Å². The van der Waals surface area contributed by atoms with Gasteiger partial charge in [-0.2, -0.15) is 0 Å². The van der Waals surface area contributed by atoms with Gasteiger partial charge in [-0.3, -0.25) is 9.10 Å². The van der Waals surface area contributed by atoms with Crippen LogP contribution >= 0.6 is 11.6 Å². The molecule has 5 nitrogen and oxygen atoms in total. The molecule has 0 spiro atoms. The van der Waals surface area contributed by atoms with E-state index in [0.717, 1.165) is 10.6 Å². The van der Waals surface area contributed by atoms with Gasteiger partial charge in [0.1, 0.15) is 12.4 Å². The Morgan fingerprint density at radius 3 is 2.52 bits per heavy atom. The molecule has 0 aliphatic heterocycles. The molecule has 0 bridgehead atoms. The highest BCUT2D eigenvalue weighted by Crippen LogP contribution is 2.27. The van der Waals surface area contributed by atoms with Crippen LogP contribution in [0.2, 0.25) is 5.02 Å². The van der Waals surface area contributed by atoms with Crippen molar-refractivity contribution in [2.24, 2.45) is 0 Å². The number of carbonyl (C=O) groups excluding carboxylic acids is 1. The fourth-order valence-electron chi connectivity index (χ4n) is 2.27. The first kappa shape index (κ1) is 19.2. The number of carbonyl (C=O) groups is 1. The van der Waals surface area contributed by atoms with Gasteiger partial charge in [-0.1, -0.05) is 35.9 Å². The van der Waals surface area contributed by atoms with Crippen LogP contribution in [0.3, 0.4) is 0 Å². The number of anilines is 1. The van der Waals surface area contributed by atoms with Gasteiger partial charge in [0.15, 0.2) is 0 Å². The summed E-state index contributed by atoms with van der Waals surface area (Å²) in [4.78, 5) is 12.2. The van der Waals surface area contributed by atoms with E-state index in [4.69, 9.17) is 11.6 Å². The van der Waals surface area contributed by atoms with Crippen LogP contribution in [0.15, 0.2) is 42.5 Å². The van der Waals surface area contributed by atoms with Crippen molar-refractivity contribution >= 4 is 33.2 Å². The van der Waals surface area contributed by atoms with E-state index in [1.807, 2.05) is 0 Å². The number of nitrogens with zero attached hydrogens (tertiary/aromatic N) is 1. The van der Waals surface area contributed by atoms with Crippen molar-refractivity contribution < 1.29 is 17.6 Å². The lowest BCUT2D eigenvalue weighted by molar-refractivity contribution is -0.119. The summed E-state index contributed by atoms with van der Waals surface area (Å²) in [5.41, 5.74) is 1.20. The van der Waals surface area contributed by atoms with Gasteiger partial charge in [0, 0.05) is 17.1 Å². The van der Waals surface area contributed by atoms with Crippen molar-refractivity contribution in [1.29, 1.82) is 0 Å². The second-order valence-corrected chi connectivity index (χ2v) is 7.84. The van der Waals surface area contributed by atoms with Gasteiger partial charge in [0.05, 0.1) is 11.9 Å². The third-order valence-corrected chi connectivity index (χ3v) is 5.17. The molecule has 0 aliphatic rings. The first-order valence-corrected chi connectivity index (χ1v) is 9.65. The minimum Gasteiger partial charge on any atom is -0.350 e. The highest BCUT2D eigenvalue weighted by Gasteiger charge is 2.23. The van der Waals surface area contributed by atoms with Crippen LogP contribution in [0.25, 0.3) is 0 Å². The molecule has 1 N–H and O–H groups in total. The van der Waals surface area contributed by atoms with Crippen LogP contribution in [-0.2, 0) is 21.4 Å². The summed E-state index contributed by atoms with van der Waals surface area (Å²) in [6, 6.07) is 10.9. The van der Waals surface area contributed by atoms with E-state index in [2.05, 4.69) is 5.32 Å². The van der Waals surface area contributed by atoms with Gasteiger partial charge in [-0.25, -0.2) is 12.8 Å². The highest BCUT2D eigenvalue weighted by atomic mass is 35.5. The molecule has 0 unspecified atom stereocenters. The maximum absolute atomic E-state index is 13.6. The van der Waals surface area contributed by atoms with Crippen LogP contribution in [0.5, 0.6) is 0 Å². The summed E-state index contributed by atoms with van der Waals surface area (Å²) in [6.07, 6.45) is 1.01. The fourth-order valence-corrected chi connectivity index (χ4v) is 3.35. The number of nitrogens with one attached hydrogen (secondary N) is 1.